The van der Waals surface area contributed by atoms with Gasteiger partial charge in [0, 0.05) is 13.1 Å². The van der Waals surface area contributed by atoms with Crippen molar-refractivity contribution in [1.29, 1.82) is 0 Å². The number of nitrogens with zero attached hydrogens (tertiary/aromatic N) is 1. The van der Waals surface area contributed by atoms with E-state index in [2.05, 4.69) is 4.72 Å². The molecule has 0 saturated carbocycles. The highest BCUT2D eigenvalue weighted by molar-refractivity contribution is 7.91. The first kappa shape index (κ1) is 19.7. The maximum atomic E-state index is 12.2. The van der Waals surface area contributed by atoms with Gasteiger partial charge in [-0.3, -0.25) is 4.79 Å². The molecule has 8 nitrogen and oxygen atoms in total. The van der Waals surface area contributed by atoms with Crippen LogP contribution < -0.4 is 9.46 Å². The number of rotatable bonds is 7. The third-order valence-corrected chi connectivity index (χ3v) is 7.18. The standard InChI is InChI=1S/C15H22N2O6S2/c1-3-23-13-4-6-14(7-5-13)25(21,22)16-10-15(18)17(2)12-8-9-24(19,20)11-12/h4-7,12,16H,3,8-11H2,1-2H3. The van der Waals surface area contributed by atoms with Crippen molar-refractivity contribution in [3.63, 3.8) is 0 Å². The fraction of sp³-hybridized carbons (Fsp3) is 0.533. The molecule has 1 aromatic rings. The lowest BCUT2D eigenvalue weighted by atomic mass is 10.2. The Balaban J connectivity index is 1.95. The van der Waals surface area contributed by atoms with Gasteiger partial charge < -0.3 is 9.64 Å². The Kier molecular flexibility index (Phi) is 6.07. The zero-order chi connectivity index (χ0) is 18.7. The zero-order valence-corrected chi connectivity index (χ0v) is 15.8. The summed E-state index contributed by atoms with van der Waals surface area (Å²) >= 11 is 0. The lowest BCUT2D eigenvalue weighted by Gasteiger charge is -2.23. The number of hydrogen-bond donors (Lipinski definition) is 1. The van der Waals surface area contributed by atoms with Crippen molar-refractivity contribution >= 4 is 25.8 Å². The fourth-order valence-electron chi connectivity index (χ4n) is 2.53. The van der Waals surface area contributed by atoms with E-state index in [0.29, 0.717) is 18.8 Å². The monoisotopic (exact) mass is 390 g/mol. The zero-order valence-electron chi connectivity index (χ0n) is 14.1. The predicted octanol–water partition coefficient (Wildman–Crippen LogP) is 0.00910. The van der Waals surface area contributed by atoms with Gasteiger partial charge in [0.15, 0.2) is 9.84 Å². The lowest BCUT2D eigenvalue weighted by molar-refractivity contribution is -0.130. The van der Waals surface area contributed by atoms with Crippen LogP contribution >= 0.6 is 0 Å². The van der Waals surface area contributed by atoms with E-state index in [4.69, 9.17) is 4.74 Å². The summed E-state index contributed by atoms with van der Waals surface area (Å²) in [5.74, 6) is 0.0463. The van der Waals surface area contributed by atoms with Crippen molar-refractivity contribution in [2.24, 2.45) is 0 Å². The predicted molar refractivity (Wildman–Crippen MR) is 92.6 cm³/mol. The molecule has 1 atom stereocenters. The van der Waals surface area contributed by atoms with Gasteiger partial charge in [0.05, 0.1) is 29.6 Å². The van der Waals surface area contributed by atoms with Crippen molar-refractivity contribution in [2.75, 3.05) is 31.7 Å². The molecule has 1 unspecified atom stereocenters. The first-order chi connectivity index (χ1) is 11.6. The van der Waals surface area contributed by atoms with Crippen LogP contribution in [0.4, 0.5) is 0 Å². The summed E-state index contributed by atoms with van der Waals surface area (Å²) < 4.78 is 54.9. The van der Waals surface area contributed by atoms with E-state index < -0.39 is 38.4 Å². The van der Waals surface area contributed by atoms with Crippen molar-refractivity contribution < 1.29 is 26.4 Å². The molecule has 1 heterocycles. The molecule has 10 heteroatoms. The van der Waals surface area contributed by atoms with Gasteiger partial charge in [0.25, 0.3) is 0 Å². The van der Waals surface area contributed by atoms with Crippen LogP contribution in [0.3, 0.4) is 0 Å². The quantitative estimate of drug-likeness (QED) is 0.702. The third-order valence-electron chi connectivity index (χ3n) is 4.01. The Morgan fingerprint density at radius 3 is 2.48 bits per heavy atom. The van der Waals surface area contributed by atoms with Crippen LogP contribution in [-0.4, -0.2) is 65.4 Å². The number of amides is 1. The van der Waals surface area contributed by atoms with E-state index in [-0.39, 0.29) is 16.4 Å². The molecule has 1 fully saturated rings. The second kappa shape index (κ2) is 7.71. The Morgan fingerprint density at radius 2 is 1.96 bits per heavy atom. The van der Waals surface area contributed by atoms with Crippen LogP contribution in [0.2, 0.25) is 0 Å². The van der Waals surface area contributed by atoms with E-state index in [1.54, 1.807) is 0 Å². The molecule has 0 bridgehead atoms. The summed E-state index contributed by atoms with van der Waals surface area (Å²) in [6, 6.07) is 5.45. The van der Waals surface area contributed by atoms with Gasteiger partial charge in [-0.1, -0.05) is 0 Å². The van der Waals surface area contributed by atoms with Crippen LogP contribution in [-0.2, 0) is 24.7 Å². The molecule has 1 saturated heterocycles. The summed E-state index contributed by atoms with van der Waals surface area (Å²) in [5, 5.41) is 0. The minimum atomic E-state index is -3.84. The smallest absolute Gasteiger partial charge is 0.241 e. The molecule has 140 valence electrons. The van der Waals surface area contributed by atoms with Crippen molar-refractivity contribution in [3.8, 4) is 5.75 Å². The van der Waals surface area contributed by atoms with Gasteiger partial charge in [-0.25, -0.2) is 21.6 Å². The summed E-state index contributed by atoms with van der Waals surface area (Å²) in [6.45, 7) is 1.87. The van der Waals surface area contributed by atoms with Crippen LogP contribution in [0.25, 0.3) is 0 Å². The molecule has 1 N–H and O–H groups in total. The van der Waals surface area contributed by atoms with Gasteiger partial charge in [-0.05, 0) is 37.6 Å². The Hall–Kier alpha value is -1.65. The number of sulfonamides is 1. The number of nitrogens with one attached hydrogen (secondary N) is 1. The molecule has 25 heavy (non-hydrogen) atoms. The maximum absolute atomic E-state index is 12.2. The highest BCUT2D eigenvalue weighted by Crippen LogP contribution is 2.17. The van der Waals surface area contributed by atoms with Crippen LogP contribution in [0.1, 0.15) is 13.3 Å². The molecule has 1 aliphatic heterocycles. The van der Waals surface area contributed by atoms with Gasteiger partial charge in [0.1, 0.15) is 5.75 Å². The van der Waals surface area contributed by atoms with E-state index in [0.717, 1.165) is 0 Å². The number of benzene rings is 1. The first-order valence-electron chi connectivity index (χ1n) is 7.83. The number of likely N-dealkylation sites (N-methyl/N-ethyl adjacent to an activating group) is 1. The molecule has 0 radical (unpaired) electrons. The number of carbonyl (C=O) groups excluding carboxylic acids is 1. The van der Waals surface area contributed by atoms with E-state index >= 15 is 0 Å². The van der Waals surface area contributed by atoms with Crippen molar-refractivity contribution in [2.45, 2.75) is 24.3 Å². The number of hydrogen-bond acceptors (Lipinski definition) is 6. The van der Waals surface area contributed by atoms with Crippen LogP contribution in [0.5, 0.6) is 5.75 Å². The topological polar surface area (TPSA) is 110 Å². The molecule has 1 amide bonds. The van der Waals surface area contributed by atoms with Gasteiger partial charge in [-0.15, -0.1) is 0 Å². The summed E-state index contributed by atoms with van der Waals surface area (Å²) in [4.78, 5) is 13.5. The minimum Gasteiger partial charge on any atom is -0.494 e. The average Bonchev–Trinajstić information content (AvgIpc) is 2.93. The summed E-state index contributed by atoms with van der Waals surface area (Å²) in [6.07, 6.45) is 0.371. The summed E-state index contributed by atoms with van der Waals surface area (Å²) in [5.41, 5.74) is 0. The maximum Gasteiger partial charge on any atom is 0.241 e. The number of sulfone groups is 1. The second-order valence-electron chi connectivity index (χ2n) is 5.79. The molecule has 1 aromatic carbocycles. The largest absolute Gasteiger partial charge is 0.494 e. The van der Waals surface area contributed by atoms with Crippen LogP contribution in [0, 0.1) is 0 Å². The molecular weight excluding hydrogens is 368 g/mol. The highest BCUT2D eigenvalue weighted by atomic mass is 32.2. The Morgan fingerprint density at radius 1 is 1.32 bits per heavy atom. The molecule has 0 aromatic heterocycles. The van der Waals surface area contributed by atoms with E-state index in [1.807, 2.05) is 6.92 Å². The first-order valence-corrected chi connectivity index (χ1v) is 11.1. The van der Waals surface area contributed by atoms with Gasteiger partial charge in [-0.2, -0.15) is 0 Å². The molecule has 0 spiro atoms. The van der Waals surface area contributed by atoms with Gasteiger partial charge in [0.2, 0.25) is 15.9 Å². The van der Waals surface area contributed by atoms with Crippen molar-refractivity contribution in [3.05, 3.63) is 24.3 Å². The number of ether oxygens (including phenoxy) is 1. The molecular formula is C15H22N2O6S2. The van der Waals surface area contributed by atoms with Gasteiger partial charge >= 0.3 is 0 Å². The normalized spacial score (nSPS) is 19.5. The average molecular weight is 390 g/mol. The minimum absolute atomic E-state index is 0.0230. The molecule has 0 aliphatic carbocycles. The third kappa shape index (κ3) is 5.16. The molecule has 1 aliphatic rings. The lowest BCUT2D eigenvalue weighted by Crippen LogP contribution is -2.43. The van der Waals surface area contributed by atoms with Crippen LogP contribution in [0.15, 0.2) is 29.2 Å². The number of carbonyl (C=O) groups is 1. The van der Waals surface area contributed by atoms with E-state index in [9.17, 15) is 21.6 Å². The fourth-order valence-corrected chi connectivity index (χ4v) is 5.28. The van der Waals surface area contributed by atoms with E-state index in [1.165, 1.54) is 36.2 Å². The SMILES string of the molecule is CCOc1ccc(S(=O)(=O)NCC(=O)N(C)C2CCS(=O)(=O)C2)cc1. The van der Waals surface area contributed by atoms with Crippen molar-refractivity contribution in [1.82, 2.24) is 9.62 Å². The highest BCUT2D eigenvalue weighted by Gasteiger charge is 2.32. The Labute approximate surface area is 148 Å². The summed E-state index contributed by atoms with van der Waals surface area (Å²) in [7, 11) is -5.47. The second-order valence-corrected chi connectivity index (χ2v) is 9.79. The Bertz CT molecular complexity index is 818. The molecule has 2 rings (SSSR count).